The maximum atomic E-state index is 9.33. The van der Waals surface area contributed by atoms with Gasteiger partial charge in [0.15, 0.2) is 0 Å². The first kappa shape index (κ1) is 7.82. The minimum absolute atomic E-state index is 0.176. The molecule has 1 saturated heterocycles. The number of piperidine rings is 1. The van der Waals surface area contributed by atoms with E-state index in [1.165, 1.54) is 12.8 Å². The second kappa shape index (κ2) is 1.79. The maximum Gasteiger partial charge on any atom is 0.113 e. The van der Waals surface area contributed by atoms with Crippen LogP contribution in [0.5, 0.6) is 0 Å². The standard InChI is InChI=1S/C11H16N2/c1-9-7-13-11(6-12)5-8(9)3-4-10(9,11)2/h8,13H,3-5,7H2,1-2H3/t8-,9-,10+,11-/m0/s1. The Hall–Kier alpha value is -0.550. The van der Waals surface area contributed by atoms with Crippen molar-refractivity contribution in [2.24, 2.45) is 16.7 Å². The van der Waals surface area contributed by atoms with Gasteiger partial charge in [-0.15, -0.1) is 0 Å². The topological polar surface area (TPSA) is 35.8 Å². The Balaban J connectivity index is 2.21. The highest BCUT2D eigenvalue weighted by atomic mass is 15.1. The lowest BCUT2D eigenvalue weighted by atomic mass is 9.66. The van der Waals surface area contributed by atoms with Gasteiger partial charge in [-0.1, -0.05) is 13.8 Å². The average Bonchev–Trinajstić information content (AvgIpc) is 2.58. The van der Waals surface area contributed by atoms with E-state index in [9.17, 15) is 5.26 Å². The Labute approximate surface area is 79.3 Å². The minimum atomic E-state index is -0.176. The van der Waals surface area contributed by atoms with E-state index in [4.69, 9.17) is 0 Å². The van der Waals surface area contributed by atoms with Gasteiger partial charge in [0.25, 0.3) is 0 Å². The van der Waals surface area contributed by atoms with E-state index >= 15 is 0 Å². The van der Waals surface area contributed by atoms with Crippen molar-refractivity contribution in [3.05, 3.63) is 0 Å². The molecule has 0 amide bonds. The molecule has 1 aliphatic heterocycles. The zero-order valence-electron chi connectivity index (χ0n) is 8.35. The number of hydrogen-bond acceptors (Lipinski definition) is 2. The highest BCUT2D eigenvalue weighted by Gasteiger charge is 2.75. The largest absolute Gasteiger partial charge is 0.298 e. The molecule has 4 bridgehead atoms. The number of nitriles is 1. The Morgan fingerprint density at radius 1 is 1.46 bits per heavy atom. The molecule has 2 saturated carbocycles. The smallest absolute Gasteiger partial charge is 0.113 e. The molecule has 0 radical (unpaired) electrons. The van der Waals surface area contributed by atoms with Crippen LogP contribution in [0.2, 0.25) is 0 Å². The van der Waals surface area contributed by atoms with Gasteiger partial charge in [0.05, 0.1) is 6.07 Å². The van der Waals surface area contributed by atoms with E-state index in [0.29, 0.717) is 5.41 Å². The molecule has 0 aromatic heterocycles. The maximum absolute atomic E-state index is 9.33. The van der Waals surface area contributed by atoms with Crippen molar-refractivity contribution < 1.29 is 0 Å². The summed E-state index contributed by atoms with van der Waals surface area (Å²) in [6.45, 7) is 5.76. The molecule has 0 unspecified atom stereocenters. The zero-order valence-corrected chi connectivity index (χ0v) is 8.35. The van der Waals surface area contributed by atoms with Gasteiger partial charge in [-0.25, -0.2) is 0 Å². The Morgan fingerprint density at radius 3 is 2.69 bits per heavy atom. The molecule has 13 heavy (non-hydrogen) atoms. The van der Waals surface area contributed by atoms with Crippen molar-refractivity contribution in [3.63, 3.8) is 0 Å². The van der Waals surface area contributed by atoms with Crippen molar-refractivity contribution >= 4 is 0 Å². The second-order valence-corrected chi connectivity index (χ2v) is 5.56. The Morgan fingerprint density at radius 2 is 2.23 bits per heavy atom. The lowest BCUT2D eigenvalue weighted by Crippen LogP contribution is -2.49. The first-order chi connectivity index (χ1) is 6.08. The van der Waals surface area contributed by atoms with Crippen LogP contribution in [-0.4, -0.2) is 12.1 Å². The van der Waals surface area contributed by atoms with Crippen LogP contribution < -0.4 is 5.32 Å². The SMILES string of the molecule is C[C@]12CC[C@H]3C[C@@]1(C#N)NC[C@@]32C. The molecule has 70 valence electrons. The van der Waals surface area contributed by atoms with Gasteiger partial charge in [-0.3, -0.25) is 5.32 Å². The number of nitrogens with zero attached hydrogens (tertiary/aromatic N) is 1. The summed E-state index contributed by atoms with van der Waals surface area (Å²) in [5.74, 6) is 0.804. The van der Waals surface area contributed by atoms with E-state index in [1.807, 2.05) is 0 Å². The molecule has 2 aliphatic carbocycles. The first-order valence-corrected chi connectivity index (χ1v) is 5.24. The van der Waals surface area contributed by atoms with Crippen LogP contribution in [0.1, 0.15) is 33.1 Å². The number of rotatable bonds is 0. The second-order valence-electron chi connectivity index (χ2n) is 5.56. The van der Waals surface area contributed by atoms with Crippen LogP contribution in [0.25, 0.3) is 0 Å². The van der Waals surface area contributed by atoms with Crippen LogP contribution in [-0.2, 0) is 0 Å². The van der Waals surface area contributed by atoms with E-state index in [0.717, 1.165) is 18.9 Å². The summed E-state index contributed by atoms with van der Waals surface area (Å²) in [6.07, 6.45) is 3.68. The van der Waals surface area contributed by atoms with Crippen LogP contribution in [0.15, 0.2) is 0 Å². The van der Waals surface area contributed by atoms with Crippen LogP contribution in [0, 0.1) is 28.1 Å². The molecule has 3 aliphatic rings. The summed E-state index contributed by atoms with van der Waals surface area (Å²) >= 11 is 0. The van der Waals surface area contributed by atoms with Crippen LogP contribution in [0.4, 0.5) is 0 Å². The predicted octanol–water partition coefficient (Wildman–Crippen LogP) is 1.68. The summed E-state index contributed by atoms with van der Waals surface area (Å²) in [5, 5.41) is 12.8. The highest BCUT2D eigenvalue weighted by Crippen LogP contribution is 2.72. The van der Waals surface area contributed by atoms with E-state index in [-0.39, 0.29) is 11.0 Å². The van der Waals surface area contributed by atoms with Gasteiger partial charge in [-0.2, -0.15) is 5.26 Å². The van der Waals surface area contributed by atoms with E-state index < -0.39 is 0 Å². The molecular formula is C11H16N2. The molecule has 2 nitrogen and oxygen atoms in total. The molecule has 3 rings (SSSR count). The van der Waals surface area contributed by atoms with Gasteiger partial charge in [0, 0.05) is 12.0 Å². The third-order valence-corrected chi connectivity index (χ3v) is 5.60. The lowest BCUT2D eigenvalue weighted by molar-refractivity contribution is 0.160. The van der Waals surface area contributed by atoms with Crippen LogP contribution in [0.3, 0.4) is 0 Å². The van der Waals surface area contributed by atoms with Gasteiger partial charge in [0.2, 0.25) is 0 Å². The van der Waals surface area contributed by atoms with Crippen LogP contribution >= 0.6 is 0 Å². The molecule has 1 N–H and O–H groups in total. The van der Waals surface area contributed by atoms with Gasteiger partial charge in [0.1, 0.15) is 5.54 Å². The summed E-state index contributed by atoms with van der Waals surface area (Å²) in [5.41, 5.74) is 0.479. The fourth-order valence-corrected chi connectivity index (χ4v) is 4.29. The van der Waals surface area contributed by atoms with Crippen molar-refractivity contribution in [3.8, 4) is 6.07 Å². The summed E-state index contributed by atoms with van der Waals surface area (Å²) < 4.78 is 0. The zero-order chi connectivity index (χ0) is 9.32. The van der Waals surface area contributed by atoms with Gasteiger partial charge < -0.3 is 0 Å². The monoisotopic (exact) mass is 176 g/mol. The van der Waals surface area contributed by atoms with Gasteiger partial charge >= 0.3 is 0 Å². The summed E-state index contributed by atoms with van der Waals surface area (Å²) in [7, 11) is 0. The van der Waals surface area contributed by atoms with Crippen molar-refractivity contribution in [2.75, 3.05) is 6.54 Å². The Bertz CT molecular complexity index is 319. The number of hydrogen-bond donors (Lipinski definition) is 1. The van der Waals surface area contributed by atoms with E-state index in [1.54, 1.807) is 0 Å². The Kier molecular flexibility index (Phi) is 1.07. The lowest BCUT2D eigenvalue weighted by Gasteiger charge is -2.37. The predicted molar refractivity (Wildman–Crippen MR) is 49.9 cm³/mol. The van der Waals surface area contributed by atoms with Crippen molar-refractivity contribution in [1.82, 2.24) is 5.32 Å². The molecule has 1 heterocycles. The molecule has 0 spiro atoms. The van der Waals surface area contributed by atoms with E-state index in [2.05, 4.69) is 25.2 Å². The quantitative estimate of drug-likeness (QED) is 0.609. The minimum Gasteiger partial charge on any atom is -0.298 e. The summed E-state index contributed by atoms with van der Waals surface area (Å²) in [6, 6.07) is 2.55. The first-order valence-electron chi connectivity index (χ1n) is 5.24. The van der Waals surface area contributed by atoms with Crippen molar-refractivity contribution in [2.45, 2.75) is 38.6 Å². The average molecular weight is 176 g/mol. The molecular weight excluding hydrogens is 160 g/mol. The highest BCUT2D eigenvalue weighted by molar-refractivity contribution is 5.34. The third kappa shape index (κ3) is 0.518. The third-order valence-electron chi connectivity index (χ3n) is 5.60. The molecule has 0 aromatic rings. The molecule has 0 aromatic carbocycles. The number of nitrogens with one attached hydrogen (secondary N) is 1. The normalized spacial score (nSPS) is 62.7. The summed E-state index contributed by atoms with van der Waals surface area (Å²) in [4.78, 5) is 0. The fraction of sp³-hybridized carbons (Fsp3) is 0.909. The molecule has 3 fully saturated rings. The fourth-order valence-electron chi connectivity index (χ4n) is 4.29. The molecule has 4 atom stereocenters. The molecule has 2 heteroatoms. The van der Waals surface area contributed by atoms with Gasteiger partial charge in [-0.05, 0) is 30.6 Å². The van der Waals surface area contributed by atoms with Crippen molar-refractivity contribution in [1.29, 1.82) is 5.26 Å².